The number of aromatic amines is 1. The molecule has 6 heteroatoms. The van der Waals surface area contributed by atoms with Crippen molar-refractivity contribution in [2.75, 3.05) is 0 Å². The molecule has 0 fully saturated rings. The molecule has 0 radical (unpaired) electrons. The molecule has 0 aliphatic carbocycles. The quantitative estimate of drug-likeness (QED) is 0.432. The summed E-state index contributed by atoms with van der Waals surface area (Å²) in [5.74, 6) is -0.103. The minimum Gasteiger partial charge on any atom is -0.508 e. The molecule has 2 aromatic carbocycles. The summed E-state index contributed by atoms with van der Waals surface area (Å²) in [5, 5.41) is 38.7. The summed E-state index contributed by atoms with van der Waals surface area (Å²) in [6.45, 7) is 3.93. The van der Waals surface area contributed by atoms with Gasteiger partial charge >= 0.3 is 0 Å². The molecule has 4 N–H and O–H groups in total. The first-order valence-electron chi connectivity index (χ1n) is 8.76. The first-order valence-corrected chi connectivity index (χ1v) is 8.76. The van der Waals surface area contributed by atoms with E-state index in [1.165, 1.54) is 6.07 Å². The van der Waals surface area contributed by atoms with Crippen molar-refractivity contribution in [1.82, 2.24) is 14.8 Å². The molecule has 4 aromatic rings. The van der Waals surface area contributed by atoms with Crippen LogP contribution in [0.3, 0.4) is 0 Å². The van der Waals surface area contributed by atoms with Crippen molar-refractivity contribution < 1.29 is 15.3 Å². The molecule has 138 valence electrons. The molecule has 0 bridgehead atoms. The molecule has 27 heavy (non-hydrogen) atoms. The van der Waals surface area contributed by atoms with Crippen molar-refractivity contribution in [2.24, 2.45) is 7.05 Å². The number of phenolic OH excluding ortho intramolecular Hbond substituents is 2. The van der Waals surface area contributed by atoms with Gasteiger partial charge in [-0.3, -0.25) is 5.10 Å². The second kappa shape index (κ2) is 6.09. The number of hydrogen-bond donors (Lipinski definition) is 4. The molecule has 0 saturated carbocycles. The predicted octanol–water partition coefficient (Wildman–Crippen LogP) is 4.48. The van der Waals surface area contributed by atoms with Crippen LogP contribution in [-0.2, 0) is 7.05 Å². The van der Waals surface area contributed by atoms with Crippen LogP contribution in [0.5, 0.6) is 17.4 Å². The van der Waals surface area contributed by atoms with Crippen LogP contribution in [0.2, 0.25) is 0 Å². The van der Waals surface area contributed by atoms with Gasteiger partial charge in [-0.1, -0.05) is 19.9 Å². The topological polar surface area (TPSA) is 94.3 Å². The van der Waals surface area contributed by atoms with Crippen LogP contribution in [0.25, 0.3) is 33.3 Å². The number of aryl methyl sites for hydroxylation is 1. The van der Waals surface area contributed by atoms with E-state index >= 15 is 0 Å². The number of rotatable bonds is 3. The minimum absolute atomic E-state index is 0.0437. The van der Waals surface area contributed by atoms with Gasteiger partial charge in [-0.15, -0.1) is 5.10 Å². The van der Waals surface area contributed by atoms with E-state index in [-0.39, 0.29) is 23.3 Å². The van der Waals surface area contributed by atoms with Crippen LogP contribution in [-0.4, -0.2) is 30.1 Å². The fourth-order valence-corrected chi connectivity index (χ4v) is 3.49. The summed E-state index contributed by atoms with van der Waals surface area (Å²) in [5.41, 5.74) is 4.07. The van der Waals surface area contributed by atoms with E-state index in [1.54, 1.807) is 6.07 Å². The zero-order chi connectivity index (χ0) is 19.3. The number of aromatic nitrogens is 3. The van der Waals surface area contributed by atoms with Gasteiger partial charge in [-0.25, -0.2) is 0 Å². The van der Waals surface area contributed by atoms with Crippen molar-refractivity contribution >= 4 is 10.9 Å². The van der Waals surface area contributed by atoms with Gasteiger partial charge in [0.2, 0.25) is 5.88 Å². The van der Waals surface area contributed by atoms with Crippen LogP contribution in [0, 0.1) is 0 Å². The molecular formula is C21H21N3O3. The standard InChI is InChI=1S/C21H21N3O3/c1-11(2)14-9-15(18(26)10-17(14)25)20-19(21(27)23-22-20)13-4-5-16-12(8-13)6-7-24(16)3/h4-11,25-26H,1-3H3,(H2,22,23,27). The van der Waals surface area contributed by atoms with E-state index in [4.69, 9.17) is 0 Å². The molecule has 2 heterocycles. The number of benzene rings is 2. The van der Waals surface area contributed by atoms with Crippen molar-refractivity contribution in [3.8, 4) is 39.8 Å². The Bertz CT molecular complexity index is 1160. The van der Waals surface area contributed by atoms with E-state index in [0.29, 0.717) is 22.4 Å². The third-order valence-corrected chi connectivity index (χ3v) is 4.96. The maximum absolute atomic E-state index is 10.4. The first-order chi connectivity index (χ1) is 12.9. The highest BCUT2D eigenvalue weighted by Crippen LogP contribution is 2.43. The second-order valence-corrected chi connectivity index (χ2v) is 7.08. The number of hydrogen-bond acceptors (Lipinski definition) is 4. The smallest absolute Gasteiger partial charge is 0.238 e. The number of aromatic hydroxyl groups is 3. The molecule has 4 rings (SSSR count). The molecule has 0 spiro atoms. The number of phenols is 2. The van der Waals surface area contributed by atoms with Gasteiger partial charge in [0.1, 0.15) is 11.5 Å². The fraction of sp³-hybridized carbons (Fsp3) is 0.190. The average molecular weight is 363 g/mol. The highest BCUT2D eigenvalue weighted by molar-refractivity contribution is 5.92. The minimum atomic E-state index is -0.140. The Morgan fingerprint density at radius 3 is 2.52 bits per heavy atom. The highest BCUT2D eigenvalue weighted by atomic mass is 16.3. The molecule has 0 amide bonds. The maximum atomic E-state index is 10.4. The Hall–Kier alpha value is -3.41. The van der Waals surface area contributed by atoms with E-state index in [9.17, 15) is 15.3 Å². The van der Waals surface area contributed by atoms with E-state index < -0.39 is 0 Å². The van der Waals surface area contributed by atoms with Gasteiger partial charge in [0.25, 0.3) is 0 Å². The summed E-state index contributed by atoms with van der Waals surface area (Å²) >= 11 is 0. The van der Waals surface area contributed by atoms with Crippen molar-refractivity contribution in [3.05, 3.63) is 48.2 Å². The lowest BCUT2D eigenvalue weighted by Gasteiger charge is -2.13. The lowest BCUT2D eigenvalue weighted by molar-refractivity contribution is 0.445. The van der Waals surface area contributed by atoms with Gasteiger partial charge in [0.05, 0.1) is 11.3 Å². The lowest BCUT2D eigenvalue weighted by atomic mass is 9.94. The van der Waals surface area contributed by atoms with Crippen LogP contribution >= 0.6 is 0 Å². The number of nitrogens with zero attached hydrogens (tertiary/aromatic N) is 2. The Balaban J connectivity index is 1.93. The van der Waals surface area contributed by atoms with E-state index in [2.05, 4.69) is 10.2 Å². The SMILES string of the molecule is CC(C)c1cc(-c2[nH]nc(O)c2-c2ccc3c(ccn3C)c2)c(O)cc1O. The normalized spacial score (nSPS) is 11.6. The number of nitrogens with one attached hydrogen (secondary N) is 1. The molecular weight excluding hydrogens is 342 g/mol. The summed E-state index contributed by atoms with van der Waals surface area (Å²) in [4.78, 5) is 0. The van der Waals surface area contributed by atoms with Crippen molar-refractivity contribution in [1.29, 1.82) is 0 Å². The Kier molecular flexibility index (Phi) is 3.84. The van der Waals surface area contributed by atoms with Crippen LogP contribution < -0.4 is 0 Å². The molecule has 0 unspecified atom stereocenters. The van der Waals surface area contributed by atoms with Crippen molar-refractivity contribution in [3.63, 3.8) is 0 Å². The molecule has 2 aromatic heterocycles. The monoisotopic (exact) mass is 363 g/mol. The first kappa shape index (κ1) is 17.0. The maximum Gasteiger partial charge on any atom is 0.238 e. The third-order valence-electron chi connectivity index (χ3n) is 4.96. The number of fused-ring (bicyclic) bond motifs is 1. The zero-order valence-electron chi connectivity index (χ0n) is 15.4. The van der Waals surface area contributed by atoms with Gasteiger partial charge in [-0.2, -0.15) is 0 Å². The van der Waals surface area contributed by atoms with Crippen LogP contribution in [0.15, 0.2) is 42.6 Å². The van der Waals surface area contributed by atoms with Gasteiger partial charge in [0, 0.05) is 35.8 Å². The fourth-order valence-electron chi connectivity index (χ4n) is 3.49. The molecule has 0 aliphatic rings. The molecule has 0 aliphatic heterocycles. The summed E-state index contributed by atoms with van der Waals surface area (Å²) < 4.78 is 2.02. The highest BCUT2D eigenvalue weighted by Gasteiger charge is 2.21. The van der Waals surface area contributed by atoms with Gasteiger partial charge < -0.3 is 19.9 Å². The third kappa shape index (κ3) is 2.70. The lowest BCUT2D eigenvalue weighted by Crippen LogP contribution is -1.92. The molecule has 0 atom stereocenters. The van der Waals surface area contributed by atoms with Crippen LogP contribution in [0.4, 0.5) is 0 Å². The predicted molar refractivity (Wildman–Crippen MR) is 105 cm³/mol. The van der Waals surface area contributed by atoms with Gasteiger partial charge in [-0.05, 0) is 41.3 Å². The summed E-state index contributed by atoms with van der Waals surface area (Å²) in [7, 11) is 1.98. The Labute approximate surface area is 156 Å². The number of H-pyrrole nitrogens is 1. The zero-order valence-corrected chi connectivity index (χ0v) is 15.4. The summed E-state index contributed by atoms with van der Waals surface area (Å²) in [6, 6.07) is 10.9. The largest absolute Gasteiger partial charge is 0.508 e. The van der Waals surface area contributed by atoms with E-state index in [1.807, 2.05) is 55.9 Å². The summed E-state index contributed by atoms with van der Waals surface area (Å²) in [6.07, 6.45) is 1.98. The molecule has 0 saturated heterocycles. The van der Waals surface area contributed by atoms with Crippen LogP contribution in [0.1, 0.15) is 25.3 Å². The average Bonchev–Trinajstić information content (AvgIpc) is 3.17. The van der Waals surface area contributed by atoms with Gasteiger partial charge in [0.15, 0.2) is 0 Å². The van der Waals surface area contributed by atoms with E-state index in [0.717, 1.165) is 16.5 Å². The van der Waals surface area contributed by atoms with Crippen molar-refractivity contribution in [2.45, 2.75) is 19.8 Å². The molecule has 6 nitrogen and oxygen atoms in total. The Morgan fingerprint density at radius 1 is 1.00 bits per heavy atom. The Morgan fingerprint density at radius 2 is 1.78 bits per heavy atom. The second-order valence-electron chi connectivity index (χ2n) is 7.08.